The van der Waals surface area contributed by atoms with Crippen LogP contribution >= 0.6 is 0 Å². The maximum atomic E-state index is 12.7. The molecule has 2 aromatic rings. The number of nitro groups is 1. The number of aryl methyl sites for hydroxylation is 1. The van der Waals surface area contributed by atoms with Crippen LogP contribution < -0.4 is 0 Å². The van der Waals surface area contributed by atoms with Gasteiger partial charge in [-0.3, -0.25) is 14.9 Å². The molecule has 1 aliphatic rings. The number of hydrogen-bond donors (Lipinski definition) is 1. The predicted molar refractivity (Wildman–Crippen MR) is 95.2 cm³/mol. The van der Waals surface area contributed by atoms with Gasteiger partial charge in [0.1, 0.15) is 0 Å². The summed E-state index contributed by atoms with van der Waals surface area (Å²) in [6.07, 6.45) is 1.59. The number of morpholine rings is 1. The van der Waals surface area contributed by atoms with Gasteiger partial charge in [-0.15, -0.1) is 0 Å². The van der Waals surface area contributed by atoms with Crippen molar-refractivity contribution < 1.29 is 19.6 Å². The van der Waals surface area contributed by atoms with Gasteiger partial charge in [-0.05, 0) is 30.5 Å². The molecule has 0 radical (unpaired) electrons. The standard InChI is InChI=1S/C19H20N2O5/c22-18-9-7-15(12-17(18)21(24)25)19(23)20-10-11-26-16(13-20)8-6-14-4-2-1-3-5-14/h1-5,7,9,12,16,22H,6,8,10-11,13H2/t16-/m1/s1. The Morgan fingerprint density at radius 2 is 2.04 bits per heavy atom. The molecule has 26 heavy (non-hydrogen) atoms. The SMILES string of the molecule is O=C(c1ccc(O)c([N+](=O)[O-])c1)N1CCO[C@H](CCc2ccccc2)C1. The minimum Gasteiger partial charge on any atom is -0.502 e. The van der Waals surface area contributed by atoms with Gasteiger partial charge in [0.2, 0.25) is 0 Å². The van der Waals surface area contributed by atoms with Crippen LogP contribution in [-0.2, 0) is 11.2 Å². The molecule has 1 aliphatic heterocycles. The average molecular weight is 356 g/mol. The Morgan fingerprint density at radius 3 is 2.77 bits per heavy atom. The van der Waals surface area contributed by atoms with E-state index in [1.165, 1.54) is 17.7 Å². The average Bonchev–Trinajstić information content (AvgIpc) is 2.67. The van der Waals surface area contributed by atoms with E-state index in [1.54, 1.807) is 4.90 Å². The molecule has 1 heterocycles. The molecule has 0 aromatic heterocycles. The van der Waals surface area contributed by atoms with E-state index in [2.05, 4.69) is 12.1 Å². The summed E-state index contributed by atoms with van der Waals surface area (Å²) in [5.41, 5.74) is 0.941. The van der Waals surface area contributed by atoms with Gasteiger partial charge in [0.15, 0.2) is 5.75 Å². The summed E-state index contributed by atoms with van der Waals surface area (Å²) in [4.78, 5) is 24.6. The third-order valence-corrected chi connectivity index (χ3v) is 4.44. The summed E-state index contributed by atoms with van der Waals surface area (Å²) < 4.78 is 5.75. The number of phenolic OH excluding ortho intramolecular Hbond substituents is 1. The lowest BCUT2D eigenvalue weighted by Crippen LogP contribution is -2.45. The van der Waals surface area contributed by atoms with Gasteiger partial charge >= 0.3 is 5.69 Å². The number of benzene rings is 2. The summed E-state index contributed by atoms with van der Waals surface area (Å²) in [5.74, 6) is -0.740. The van der Waals surface area contributed by atoms with Crippen LogP contribution in [0.3, 0.4) is 0 Å². The van der Waals surface area contributed by atoms with Crippen LogP contribution in [0.5, 0.6) is 5.75 Å². The van der Waals surface area contributed by atoms with Crippen molar-refractivity contribution in [3.05, 3.63) is 69.8 Å². The van der Waals surface area contributed by atoms with Gasteiger partial charge in [-0.2, -0.15) is 0 Å². The number of rotatable bonds is 5. The zero-order valence-electron chi connectivity index (χ0n) is 14.2. The van der Waals surface area contributed by atoms with Crippen molar-refractivity contribution in [3.8, 4) is 5.75 Å². The minimum atomic E-state index is -0.700. The van der Waals surface area contributed by atoms with Crippen LogP contribution in [0, 0.1) is 10.1 Å². The van der Waals surface area contributed by atoms with E-state index in [0.29, 0.717) is 19.7 Å². The zero-order chi connectivity index (χ0) is 18.5. The highest BCUT2D eigenvalue weighted by atomic mass is 16.6. The highest BCUT2D eigenvalue weighted by Crippen LogP contribution is 2.27. The maximum absolute atomic E-state index is 12.7. The van der Waals surface area contributed by atoms with Crippen molar-refractivity contribution in [2.75, 3.05) is 19.7 Å². The van der Waals surface area contributed by atoms with Crippen molar-refractivity contribution in [2.24, 2.45) is 0 Å². The van der Waals surface area contributed by atoms with Gasteiger partial charge in [0.05, 0.1) is 17.6 Å². The first-order valence-corrected chi connectivity index (χ1v) is 8.47. The fraction of sp³-hybridized carbons (Fsp3) is 0.316. The smallest absolute Gasteiger partial charge is 0.311 e. The molecule has 0 unspecified atom stereocenters. The first-order valence-electron chi connectivity index (χ1n) is 8.47. The van der Waals surface area contributed by atoms with E-state index in [-0.39, 0.29) is 17.6 Å². The monoisotopic (exact) mass is 356 g/mol. The number of aromatic hydroxyl groups is 1. The number of hydrogen-bond acceptors (Lipinski definition) is 5. The molecular weight excluding hydrogens is 336 g/mol. The van der Waals surface area contributed by atoms with Crippen LogP contribution in [0.15, 0.2) is 48.5 Å². The lowest BCUT2D eigenvalue weighted by atomic mass is 10.1. The van der Waals surface area contributed by atoms with E-state index in [1.807, 2.05) is 18.2 Å². The number of ether oxygens (including phenoxy) is 1. The lowest BCUT2D eigenvalue weighted by molar-refractivity contribution is -0.385. The highest BCUT2D eigenvalue weighted by Gasteiger charge is 2.26. The predicted octanol–water partition coefficient (Wildman–Crippen LogP) is 2.77. The molecule has 136 valence electrons. The number of nitro benzene ring substituents is 1. The third kappa shape index (κ3) is 4.18. The van der Waals surface area contributed by atoms with E-state index in [4.69, 9.17) is 4.74 Å². The second-order valence-corrected chi connectivity index (χ2v) is 6.23. The van der Waals surface area contributed by atoms with Crippen molar-refractivity contribution >= 4 is 11.6 Å². The Morgan fingerprint density at radius 1 is 1.27 bits per heavy atom. The van der Waals surface area contributed by atoms with Crippen molar-refractivity contribution in [1.82, 2.24) is 4.90 Å². The van der Waals surface area contributed by atoms with Crippen LogP contribution in [0.1, 0.15) is 22.3 Å². The molecule has 1 atom stereocenters. The Bertz CT molecular complexity index is 794. The molecule has 3 rings (SSSR count). The third-order valence-electron chi connectivity index (χ3n) is 4.44. The maximum Gasteiger partial charge on any atom is 0.311 e. The van der Waals surface area contributed by atoms with Crippen LogP contribution in [0.25, 0.3) is 0 Å². The second-order valence-electron chi connectivity index (χ2n) is 6.23. The van der Waals surface area contributed by atoms with Crippen LogP contribution in [-0.4, -0.2) is 46.6 Å². The molecule has 7 heteroatoms. The first kappa shape index (κ1) is 17.9. The van der Waals surface area contributed by atoms with Crippen LogP contribution in [0.2, 0.25) is 0 Å². The Kier molecular flexibility index (Phi) is 5.48. The van der Waals surface area contributed by atoms with Gasteiger partial charge in [-0.25, -0.2) is 0 Å². The molecule has 1 fully saturated rings. The largest absolute Gasteiger partial charge is 0.502 e. The lowest BCUT2D eigenvalue weighted by Gasteiger charge is -2.33. The molecule has 7 nitrogen and oxygen atoms in total. The fourth-order valence-corrected chi connectivity index (χ4v) is 3.04. The van der Waals surface area contributed by atoms with Gasteiger partial charge < -0.3 is 14.7 Å². The van der Waals surface area contributed by atoms with Crippen molar-refractivity contribution in [3.63, 3.8) is 0 Å². The fourth-order valence-electron chi connectivity index (χ4n) is 3.04. The number of nitrogens with zero attached hydrogens (tertiary/aromatic N) is 2. The number of phenols is 1. The number of carbonyl (C=O) groups excluding carboxylic acids is 1. The molecule has 1 amide bonds. The molecule has 1 N–H and O–H groups in total. The molecule has 2 aromatic carbocycles. The van der Waals surface area contributed by atoms with Crippen LogP contribution in [0.4, 0.5) is 5.69 Å². The quantitative estimate of drug-likeness (QED) is 0.657. The summed E-state index contributed by atoms with van der Waals surface area (Å²) in [7, 11) is 0. The zero-order valence-corrected chi connectivity index (χ0v) is 14.2. The second kappa shape index (κ2) is 7.97. The number of carbonyl (C=O) groups is 1. The molecule has 0 spiro atoms. The van der Waals surface area contributed by atoms with E-state index in [0.717, 1.165) is 18.9 Å². The molecule has 0 bridgehead atoms. The Labute approximate surface area is 151 Å². The Balaban J connectivity index is 1.64. The van der Waals surface area contributed by atoms with Gasteiger partial charge in [0.25, 0.3) is 5.91 Å². The molecule has 0 aliphatic carbocycles. The van der Waals surface area contributed by atoms with E-state index >= 15 is 0 Å². The van der Waals surface area contributed by atoms with Crippen molar-refractivity contribution in [1.29, 1.82) is 0 Å². The van der Waals surface area contributed by atoms with E-state index in [9.17, 15) is 20.0 Å². The normalized spacial score (nSPS) is 17.1. The number of amides is 1. The molecule has 1 saturated heterocycles. The summed E-state index contributed by atoms with van der Waals surface area (Å²) >= 11 is 0. The summed E-state index contributed by atoms with van der Waals surface area (Å²) in [6.45, 7) is 1.32. The molecular formula is C19H20N2O5. The summed E-state index contributed by atoms with van der Waals surface area (Å²) in [6, 6.07) is 13.8. The molecule has 0 saturated carbocycles. The van der Waals surface area contributed by atoms with E-state index < -0.39 is 16.4 Å². The first-order chi connectivity index (χ1) is 12.5. The Hall–Kier alpha value is -2.93. The topological polar surface area (TPSA) is 92.9 Å². The highest BCUT2D eigenvalue weighted by molar-refractivity contribution is 5.95. The summed E-state index contributed by atoms with van der Waals surface area (Å²) in [5, 5.41) is 20.5. The van der Waals surface area contributed by atoms with Crippen molar-refractivity contribution in [2.45, 2.75) is 18.9 Å². The van der Waals surface area contributed by atoms with Gasteiger partial charge in [0, 0.05) is 24.7 Å². The minimum absolute atomic E-state index is 0.0694. The van der Waals surface area contributed by atoms with Gasteiger partial charge in [-0.1, -0.05) is 30.3 Å².